The predicted octanol–water partition coefficient (Wildman–Crippen LogP) is 2.27. The van der Waals surface area contributed by atoms with E-state index in [4.69, 9.17) is 4.74 Å². The third-order valence-electron chi connectivity index (χ3n) is 3.64. The molecule has 3 heteroatoms. The van der Waals surface area contributed by atoms with E-state index in [1.165, 1.54) is 0 Å². The normalized spacial score (nSPS) is 21.4. The Morgan fingerprint density at radius 2 is 2.12 bits per heavy atom. The fourth-order valence-corrected chi connectivity index (χ4v) is 2.46. The first-order valence-electron chi connectivity index (χ1n) is 5.70. The molecule has 1 spiro atoms. The highest BCUT2D eigenvalue weighted by Gasteiger charge is 2.51. The minimum atomic E-state index is -0.546. The average Bonchev–Trinajstić information content (AvgIpc) is 2.20. The maximum absolute atomic E-state index is 12.2. The summed E-state index contributed by atoms with van der Waals surface area (Å²) in [4.78, 5) is 13.9. The van der Waals surface area contributed by atoms with Crippen molar-refractivity contribution >= 4 is 11.6 Å². The summed E-state index contributed by atoms with van der Waals surface area (Å²) in [7, 11) is 1.83. The summed E-state index contributed by atoms with van der Waals surface area (Å²) in [5.74, 6) is 0.955. The standard InChI is InChI=1S/C13H15NO2/c1-9-4-5-10-11(8-9)16-13(6-3-7-13)12(15)14(10)2/h4-5,8H,3,6-7H2,1-2H3. The van der Waals surface area contributed by atoms with Crippen molar-refractivity contribution in [1.82, 2.24) is 0 Å². The molecule has 1 amide bonds. The Labute approximate surface area is 95.0 Å². The molecule has 1 saturated carbocycles. The number of rotatable bonds is 0. The van der Waals surface area contributed by atoms with Gasteiger partial charge in [-0.3, -0.25) is 4.79 Å². The number of hydrogen-bond acceptors (Lipinski definition) is 2. The largest absolute Gasteiger partial charge is 0.475 e. The molecule has 0 N–H and O–H groups in total. The first-order chi connectivity index (χ1) is 7.62. The summed E-state index contributed by atoms with van der Waals surface area (Å²) in [6.45, 7) is 2.04. The Balaban J connectivity index is 2.10. The Morgan fingerprint density at radius 1 is 1.38 bits per heavy atom. The van der Waals surface area contributed by atoms with Gasteiger partial charge in [-0.1, -0.05) is 6.07 Å². The number of fused-ring (bicyclic) bond motifs is 1. The number of ether oxygens (including phenoxy) is 1. The number of aryl methyl sites for hydroxylation is 1. The van der Waals surface area contributed by atoms with Crippen LogP contribution in [0.4, 0.5) is 5.69 Å². The van der Waals surface area contributed by atoms with Gasteiger partial charge >= 0.3 is 0 Å². The molecule has 3 rings (SSSR count). The summed E-state index contributed by atoms with van der Waals surface area (Å²) >= 11 is 0. The smallest absolute Gasteiger partial charge is 0.271 e. The van der Waals surface area contributed by atoms with Crippen molar-refractivity contribution in [2.75, 3.05) is 11.9 Å². The summed E-state index contributed by atoms with van der Waals surface area (Å²) < 4.78 is 5.93. The highest BCUT2D eigenvalue weighted by Crippen LogP contribution is 2.45. The van der Waals surface area contributed by atoms with E-state index in [1.54, 1.807) is 4.90 Å². The number of anilines is 1. The molecule has 0 saturated heterocycles. The molecule has 1 aliphatic carbocycles. The van der Waals surface area contributed by atoms with Crippen LogP contribution < -0.4 is 9.64 Å². The van der Waals surface area contributed by atoms with E-state index in [0.29, 0.717) is 0 Å². The van der Waals surface area contributed by atoms with Gasteiger partial charge < -0.3 is 9.64 Å². The van der Waals surface area contributed by atoms with Gasteiger partial charge in [-0.15, -0.1) is 0 Å². The highest BCUT2D eigenvalue weighted by atomic mass is 16.5. The minimum absolute atomic E-state index is 0.107. The third-order valence-corrected chi connectivity index (χ3v) is 3.64. The molecule has 1 aliphatic heterocycles. The molecule has 0 unspecified atom stereocenters. The van der Waals surface area contributed by atoms with Crippen molar-refractivity contribution in [1.29, 1.82) is 0 Å². The van der Waals surface area contributed by atoms with E-state index in [2.05, 4.69) is 0 Å². The molecule has 1 aromatic rings. The fourth-order valence-electron chi connectivity index (χ4n) is 2.46. The zero-order valence-corrected chi connectivity index (χ0v) is 9.62. The van der Waals surface area contributed by atoms with Crippen LogP contribution in [-0.4, -0.2) is 18.6 Å². The molecule has 0 atom stereocenters. The van der Waals surface area contributed by atoms with Crippen molar-refractivity contribution < 1.29 is 9.53 Å². The Hall–Kier alpha value is -1.51. The van der Waals surface area contributed by atoms with Gasteiger partial charge in [0.05, 0.1) is 5.69 Å². The lowest BCUT2D eigenvalue weighted by atomic mass is 9.78. The molecule has 1 fully saturated rings. The van der Waals surface area contributed by atoms with Crippen LogP contribution in [0.3, 0.4) is 0 Å². The van der Waals surface area contributed by atoms with Gasteiger partial charge in [0.2, 0.25) is 0 Å². The quantitative estimate of drug-likeness (QED) is 0.667. The monoisotopic (exact) mass is 217 g/mol. The second-order valence-corrected chi connectivity index (χ2v) is 4.79. The van der Waals surface area contributed by atoms with Crippen molar-refractivity contribution in [3.8, 4) is 5.75 Å². The van der Waals surface area contributed by atoms with E-state index < -0.39 is 5.60 Å². The van der Waals surface area contributed by atoms with E-state index >= 15 is 0 Å². The van der Waals surface area contributed by atoms with Crippen molar-refractivity contribution in [3.05, 3.63) is 23.8 Å². The van der Waals surface area contributed by atoms with E-state index in [0.717, 1.165) is 36.3 Å². The van der Waals surface area contributed by atoms with Gasteiger partial charge in [-0.25, -0.2) is 0 Å². The van der Waals surface area contributed by atoms with Crippen LogP contribution in [0.1, 0.15) is 24.8 Å². The average molecular weight is 217 g/mol. The number of amides is 1. The number of carbonyl (C=O) groups excluding carboxylic acids is 1. The maximum Gasteiger partial charge on any atom is 0.271 e. The Morgan fingerprint density at radius 3 is 2.75 bits per heavy atom. The number of hydrogen-bond donors (Lipinski definition) is 0. The summed E-state index contributed by atoms with van der Waals surface area (Å²) in [6.07, 6.45) is 2.79. The van der Waals surface area contributed by atoms with E-state index in [9.17, 15) is 4.79 Å². The van der Waals surface area contributed by atoms with Crippen LogP contribution in [0.25, 0.3) is 0 Å². The molecule has 0 aromatic heterocycles. The van der Waals surface area contributed by atoms with Gasteiger partial charge in [-0.2, -0.15) is 0 Å². The van der Waals surface area contributed by atoms with Crippen molar-refractivity contribution in [2.24, 2.45) is 0 Å². The molecule has 0 radical (unpaired) electrons. The topological polar surface area (TPSA) is 29.5 Å². The van der Waals surface area contributed by atoms with Crippen LogP contribution in [0.15, 0.2) is 18.2 Å². The second-order valence-electron chi connectivity index (χ2n) is 4.79. The Bertz CT molecular complexity index is 463. The number of nitrogens with zero attached hydrogens (tertiary/aromatic N) is 1. The van der Waals surface area contributed by atoms with Crippen molar-refractivity contribution in [2.45, 2.75) is 31.8 Å². The number of benzene rings is 1. The van der Waals surface area contributed by atoms with Crippen LogP contribution in [0.5, 0.6) is 5.75 Å². The fraction of sp³-hybridized carbons (Fsp3) is 0.462. The van der Waals surface area contributed by atoms with Gasteiger partial charge in [0, 0.05) is 7.05 Å². The molecule has 1 heterocycles. The van der Waals surface area contributed by atoms with Crippen LogP contribution >= 0.6 is 0 Å². The molecular formula is C13H15NO2. The SMILES string of the molecule is Cc1ccc2c(c1)OC1(CCC1)C(=O)N2C. The minimum Gasteiger partial charge on any atom is -0.475 e. The van der Waals surface area contributed by atoms with Gasteiger partial charge in [0.15, 0.2) is 5.60 Å². The predicted molar refractivity (Wildman–Crippen MR) is 61.8 cm³/mol. The zero-order valence-electron chi connectivity index (χ0n) is 9.62. The molecule has 16 heavy (non-hydrogen) atoms. The molecule has 84 valence electrons. The lowest BCUT2D eigenvalue weighted by Crippen LogP contribution is -2.59. The van der Waals surface area contributed by atoms with E-state index in [-0.39, 0.29) is 5.91 Å². The molecular weight excluding hydrogens is 202 g/mol. The Kier molecular flexibility index (Phi) is 1.82. The lowest BCUT2D eigenvalue weighted by molar-refractivity contribution is -0.142. The maximum atomic E-state index is 12.2. The van der Waals surface area contributed by atoms with Gasteiger partial charge in [0.1, 0.15) is 5.75 Å². The first-order valence-corrected chi connectivity index (χ1v) is 5.70. The second kappa shape index (κ2) is 3.00. The molecule has 2 aliphatic rings. The zero-order chi connectivity index (χ0) is 11.3. The molecule has 1 aromatic carbocycles. The van der Waals surface area contributed by atoms with Crippen LogP contribution in [-0.2, 0) is 4.79 Å². The molecule has 3 nitrogen and oxygen atoms in total. The first kappa shape index (κ1) is 9.70. The van der Waals surface area contributed by atoms with E-state index in [1.807, 2.05) is 32.2 Å². The summed E-state index contributed by atoms with van der Waals surface area (Å²) in [6, 6.07) is 5.97. The van der Waals surface area contributed by atoms with Gasteiger partial charge in [0.25, 0.3) is 5.91 Å². The number of likely N-dealkylation sites (N-methyl/N-ethyl adjacent to an activating group) is 1. The van der Waals surface area contributed by atoms with Crippen LogP contribution in [0, 0.1) is 6.92 Å². The third kappa shape index (κ3) is 1.11. The summed E-state index contributed by atoms with van der Waals surface area (Å²) in [5.41, 5.74) is 1.50. The van der Waals surface area contributed by atoms with Gasteiger partial charge in [-0.05, 0) is 43.9 Å². The molecule has 0 bridgehead atoms. The van der Waals surface area contributed by atoms with Crippen molar-refractivity contribution in [3.63, 3.8) is 0 Å². The number of carbonyl (C=O) groups is 1. The summed E-state index contributed by atoms with van der Waals surface area (Å²) in [5, 5.41) is 0. The lowest BCUT2D eigenvalue weighted by Gasteiger charge is -2.46. The van der Waals surface area contributed by atoms with Crippen LogP contribution in [0.2, 0.25) is 0 Å². The highest BCUT2D eigenvalue weighted by molar-refractivity contribution is 6.03.